The van der Waals surface area contributed by atoms with Crippen molar-refractivity contribution in [2.45, 2.75) is 22.5 Å². The van der Waals surface area contributed by atoms with Gasteiger partial charge in [0.25, 0.3) is 0 Å². The van der Waals surface area contributed by atoms with Crippen LogP contribution in [0.3, 0.4) is 0 Å². The summed E-state index contributed by atoms with van der Waals surface area (Å²) in [5, 5.41) is 18.3. The second-order valence-electron chi connectivity index (χ2n) is 4.29. The summed E-state index contributed by atoms with van der Waals surface area (Å²) < 4.78 is -0.493. The summed E-state index contributed by atoms with van der Waals surface area (Å²) in [4.78, 5) is 13.3. The van der Waals surface area contributed by atoms with Crippen molar-refractivity contribution in [3.05, 3.63) is 30.3 Å². The molecule has 0 spiro atoms. The SMILES string of the molecule is N#CC1(Sc2ccccc2)CCN(C(=O)O)CC1. The molecule has 1 aliphatic heterocycles. The van der Waals surface area contributed by atoms with E-state index < -0.39 is 10.8 Å². The van der Waals surface area contributed by atoms with Crippen LogP contribution in [0.4, 0.5) is 4.79 Å². The van der Waals surface area contributed by atoms with Gasteiger partial charge in [-0.25, -0.2) is 4.79 Å². The second kappa shape index (κ2) is 5.32. The Kier molecular flexibility index (Phi) is 3.78. The predicted molar refractivity (Wildman–Crippen MR) is 69.5 cm³/mol. The molecule has 1 aliphatic rings. The molecule has 4 nitrogen and oxygen atoms in total. The maximum atomic E-state index is 10.8. The van der Waals surface area contributed by atoms with Crippen molar-refractivity contribution in [2.75, 3.05) is 13.1 Å². The molecule has 2 rings (SSSR count). The van der Waals surface area contributed by atoms with E-state index in [0.717, 1.165) is 4.90 Å². The van der Waals surface area contributed by atoms with E-state index in [9.17, 15) is 10.1 Å². The number of carbonyl (C=O) groups is 1. The molecule has 5 heteroatoms. The lowest BCUT2D eigenvalue weighted by Gasteiger charge is -2.35. The lowest BCUT2D eigenvalue weighted by molar-refractivity contribution is 0.133. The first-order valence-corrected chi connectivity index (χ1v) is 6.60. The van der Waals surface area contributed by atoms with E-state index in [1.165, 1.54) is 4.90 Å². The molecule has 94 valence electrons. The van der Waals surface area contributed by atoms with Crippen molar-refractivity contribution in [3.63, 3.8) is 0 Å². The van der Waals surface area contributed by atoms with Crippen LogP contribution in [0.5, 0.6) is 0 Å². The van der Waals surface area contributed by atoms with Crippen LogP contribution in [-0.2, 0) is 0 Å². The number of rotatable bonds is 2. The number of nitriles is 1. The molecule has 1 fully saturated rings. The first kappa shape index (κ1) is 12.8. The van der Waals surface area contributed by atoms with E-state index in [1.54, 1.807) is 11.8 Å². The van der Waals surface area contributed by atoms with Crippen LogP contribution in [0.2, 0.25) is 0 Å². The Morgan fingerprint density at radius 2 is 1.94 bits per heavy atom. The fourth-order valence-corrected chi connectivity index (χ4v) is 3.19. The van der Waals surface area contributed by atoms with E-state index in [0.29, 0.717) is 25.9 Å². The van der Waals surface area contributed by atoms with Crippen LogP contribution in [0.15, 0.2) is 35.2 Å². The normalized spacial score (nSPS) is 18.1. The van der Waals surface area contributed by atoms with Gasteiger partial charge in [-0.05, 0) is 25.0 Å². The van der Waals surface area contributed by atoms with E-state index in [1.807, 2.05) is 30.3 Å². The number of likely N-dealkylation sites (tertiary alicyclic amines) is 1. The summed E-state index contributed by atoms with van der Waals surface area (Å²) in [5.41, 5.74) is 0. The molecule has 18 heavy (non-hydrogen) atoms. The van der Waals surface area contributed by atoms with Gasteiger partial charge in [-0.15, -0.1) is 11.8 Å². The number of nitrogens with zero attached hydrogens (tertiary/aromatic N) is 2. The zero-order valence-electron chi connectivity index (χ0n) is 9.87. The summed E-state index contributed by atoms with van der Waals surface area (Å²) in [7, 11) is 0. The minimum atomic E-state index is -0.897. The van der Waals surface area contributed by atoms with Gasteiger partial charge in [0.15, 0.2) is 0 Å². The van der Waals surface area contributed by atoms with E-state index >= 15 is 0 Å². The topological polar surface area (TPSA) is 64.3 Å². The van der Waals surface area contributed by atoms with Gasteiger partial charge in [-0.1, -0.05) is 18.2 Å². The van der Waals surface area contributed by atoms with Crippen molar-refractivity contribution in [3.8, 4) is 6.07 Å². The Morgan fingerprint density at radius 3 is 2.44 bits per heavy atom. The molecule has 1 aromatic carbocycles. The molecule has 1 heterocycles. The van der Waals surface area contributed by atoms with Gasteiger partial charge in [-0.3, -0.25) is 0 Å². The van der Waals surface area contributed by atoms with Gasteiger partial charge in [0, 0.05) is 18.0 Å². The van der Waals surface area contributed by atoms with Crippen molar-refractivity contribution in [2.24, 2.45) is 0 Å². The van der Waals surface area contributed by atoms with Gasteiger partial charge in [0.1, 0.15) is 4.75 Å². The van der Waals surface area contributed by atoms with Gasteiger partial charge in [-0.2, -0.15) is 5.26 Å². The smallest absolute Gasteiger partial charge is 0.407 e. The molecule has 0 radical (unpaired) electrons. The fourth-order valence-electron chi connectivity index (χ4n) is 2.01. The zero-order chi connectivity index (χ0) is 13.0. The minimum Gasteiger partial charge on any atom is -0.465 e. The maximum absolute atomic E-state index is 10.8. The van der Waals surface area contributed by atoms with Gasteiger partial charge in [0.05, 0.1) is 6.07 Å². The molecule has 0 saturated carbocycles. The highest BCUT2D eigenvalue weighted by Gasteiger charge is 2.37. The third-order valence-corrected chi connectivity index (χ3v) is 4.50. The van der Waals surface area contributed by atoms with Crippen LogP contribution in [0.25, 0.3) is 0 Å². The van der Waals surface area contributed by atoms with Crippen LogP contribution < -0.4 is 0 Å². The number of amides is 1. The number of piperidine rings is 1. The molecule has 1 saturated heterocycles. The van der Waals surface area contributed by atoms with E-state index in [4.69, 9.17) is 5.11 Å². The Labute approximate surface area is 110 Å². The highest BCUT2D eigenvalue weighted by atomic mass is 32.2. The maximum Gasteiger partial charge on any atom is 0.407 e. The number of benzene rings is 1. The molecule has 1 aromatic rings. The van der Waals surface area contributed by atoms with Crippen molar-refractivity contribution in [1.82, 2.24) is 4.90 Å². The van der Waals surface area contributed by atoms with Gasteiger partial charge >= 0.3 is 6.09 Å². The molecular formula is C13H14N2O2S. The lowest BCUT2D eigenvalue weighted by atomic mass is 9.98. The molecular weight excluding hydrogens is 248 g/mol. The van der Waals surface area contributed by atoms with Gasteiger partial charge < -0.3 is 10.0 Å². The summed E-state index contributed by atoms with van der Waals surface area (Å²) in [6.45, 7) is 0.867. The average Bonchev–Trinajstić information content (AvgIpc) is 2.40. The Hall–Kier alpha value is -1.67. The van der Waals surface area contributed by atoms with Crippen LogP contribution in [0.1, 0.15) is 12.8 Å². The fraction of sp³-hybridized carbons (Fsp3) is 0.385. The standard InChI is InChI=1S/C13H14N2O2S/c14-10-13(18-11-4-2-1-3-5-11)6-8-15(9-7-13)12(16)17/h1-5H,6-9H2,(H,16,17). The summed E-state index contributed by atoms with van der Waals surface area (Å²) in [6, 6.07) is 12.2. The molecule has 0 atom stereocenters. The van der Waals surface area contributed by atoms with Crippen LogP contribution >= 0.6 is 11.8 Å². The third kappa shape index (κ3) is 2.77. The quantitative estimate of drug-likeness (QED) is 0.890. The Bertz CT molecular complexity index is 462. The third-order valence-electron chi connectivity index (χ3n) is 3.10. The number of thioether (sulfide) groups is 1. The predicted octanol–water partition coefficient (Wildman–Crippen LogP) is 2.81. The van der Waals surface area contributed by atoms with E-state index in [-0.39, 0.29) is 0 Å². The second-order valence-corrected chi connectivity index (χ2v) is 5.75. The number of hydrogen-bond donors (Lipinski definition) is 1. The summed E-state index contributed by atoms with van der Waals surface area (Å²) in [5.74, 6) is 0. The Morgan fingerprint density at radius 1 is 1.33 bits per heavy atom. The Balaban J connectivity index is 2.06. The molecule has 0 unspecified atom stereocenters. The highest BCUT2D eigenvalue weighted by molar-refractivity contribution is 8.01. The lowest BCUT2D eigenvalue weighted by Crippen LogP contribution is -2.43. The van der Waals surface area contributed by atoms with Crippen molar-refractivity contribution in [1.29, 1.82) is 5.26 Å². The molecule has 1 N–H and O–H groups in total. The zero-order valence-corrected chi connectivity index (χ0v) is 10.7. The summed E-state index contributed by atoms with van der Waals surface area (Å²) >= 11 is 1.55. The monoisotopic (exact) mass is 262 g/mol. The first-order valence-electron chi connectivity index (χ1n) is 5.78. The largest absolute Gasteiger partial charge is 0.465 e. The first-order chi connectivity index (χ1) is 8.65. The number of carboxylic acid groups (broad SMARTS) is 1. The van der Waals surface area contributed by atoms with E-state index in [2.05, 4.69) is 6.07 Å². The molecule has 1 amide bonds. The number of hydrogen-bond acceptors (Lipinski definition) is 3. The van der Waals surface area contributed by atoms with Crippen LogP contribution in [0, 0.1) is 11.3 Å². The average molecular weight is 262 g/mol. The van der Waals surface area contributed by atoms with Crippen molar-refractivity contribution >= 4 is 17.9 Å². The van der Waals surface area contributed by atoms with Crippen molar-refractivity contribution < 1.29 is 9.90 Å². The molecule has 0 aliphatic carbocycles. The van der Waals surface area contributed by atoms with Gasteiger partial charge in [0.2, 0.25) is 0 Å². The summed E-state index contributed by atoms with van der Waals surface area (Å²) in [6.07, 6.45) is 0.260. The molecule has 0 bridgehead atoms. The van der Waals surface area contributed by atoms with Crippen LogP contribution in [-0.4, -0.2) is 33.9 Å². The minimum absolute atomic E-state index is 0.433. The highest BCUT2D eigenvalue weighted by Crippen LogP contribution is 2.40. The molecule has 0 aromatic heterocycles.